The first-order valence-corrected chi connectivity index (χ1v) is 11.4. The Labute approximate surface area is 178 Å². The topological polar surface area (TPSA) is 21.2 Å². The van der Waals surface area contributed by atoms with E-state index in [0.29, 0.717) is 0 Å². The summed E-state index contributed by atoms with van der Waals surface area (Å²) in [5.41, 5.74) is 10.9. The zero-order chi connectivity index (χ0) is 21.2. The summed E-state index contributed by atoms with van der Waals surface area (Å²) < 4.78 is 5.12. The molecule has 0 radical (unpaired) electrons. The second-order valence-corrected chi connectivity index (χ2v) is 11.1. The Morgan fingerprint density at radius 1 is 1.17 bits per heavy atom. The fraction of sp³-hybridized carbons (Fsp3) is 0.481. The minimum atomic E-state index is 0.0229. The lowest BCUT2D eigenvalue weighted by molar-refractivity contribution is -0.728. The largest absolute Gasteiger partial charge is 0.297 e. The van der Waals surface area contributed by atoms with Crippen molar-refractivity contribution in [2.45, 2.75) is 84.1 Å². The monoisotopic (exact) mass is 398 g/mol. The average Bonchev–Trinajstić information content (AvgIpc) is 2.95. The molecule has 0 aliphatic carbocycles. The van der Waals surface area contributed by atoms with Gasteiger partial charge >= 0.3 is 0 Å². The third-order valence-electron chi connectivity index (χ3n) is 8.66. The van der Waals surface area contributed by atoms with Crippen molar-refractivity contribution in [3.05, 3.63) is 52.8 Å². The molecule has 154 valence electrons. The number of hydrogen-bond acceptors (Lipinski definition) is 1. The van der Waals surface area contributed by atoms with Gasteiger partial charge in [-0.25, -0.2) is 4.57 Å². The molecule has 0 saturated carbocycles. The maximum atomic E-state index is 5.18. The van der Waals surface area contributed by atoms with Gasteiger partial charge in [0.05, 0.1) is 17.1 Å². The summed E-state index contributed by atoms with van der Waals surface area (Å²) in [5, 5.41) is 1.35. The lowest BCUT2D eigenvalue weighted by Crippen LogP contribution is -2.66. The van der Waals surface area contributed by atoms with Gasteiger partial charge in [-0.3, -0.25) is 4.98 Å². The molecule has 3 heteroatoms. The minimum Gasteiger partial charge on any atom is -0.252 e. The lowest BCUT2D eigenvalue weighted by atomic mass is 9.61. The van der Waals surface area contributed by atoms with Crippen LogP contribution in [0.25, 0.3) is 27.6 Å². The van der Waals surface area contributed by atoms with Crippen LogP contribution in [0.1, 0.15) is 76.8 Å². The van der Waals surface area contributed by atoms with E-state index in [1.165, 1.54) is 44.5 Å². The second-order valence-electron chi connectivity index (χ2n) is 11.1. The van der Waals surface area contributed by atoms with Gasteiger partial charge in [-0.2, -0.15) is 4.40 Å². The summed E-state index contributed by atoms with van der Waals surface area (Å²) in [6, 6.07) is 9.54. The molecule has 2 atom stereocenters. The first-order chi connectivity index (χ1) is 14.1. The van der Waals surface area contributed by atoms with E-state index in [9.17, 15) is 0 Å². The Hall–Kier alpha value is -2.42. The van der Waals surface area contributed by atoms with Gasteiger partial charge in [-0.15, -0.1) is 0 Å². The van der Waals surface area contributed by atoms with Crippen LogP contribution >= 0.6 is 0 Å². The van der Waals surface area contributed by atoms with Gasteiger partial charge in [0, 0.05) is 22.6 Å². The molecule has 6 rings (SSSR count). The number of rotatable bonds is 1. The van der Waals surface area contributed by atoms with E-state index < -0.39 is 0 Å². The first-order valence-electron chi connectivity index (χ1n) is 11.4. The van der Waals surface area contributed by atoms with E-state index in [1.54, 1.807) is 0 Å². The molecular weight excluding hydrogens is 366 g/mol. The highest BCUT2D eigenvalue weighted by molar-refractivity contribution is 5.98. The summed E-state index contributed by atoms with van der Waals surface area (Å²) >= 11 is 0. The SMILES string of the molecule is CCC1(C)c2cc(C(C)(C)C)nc3ccn4c5cc(C)c6cc5[n+](c4c23)C1(C)CC6. The Morgan fingerprint density at radius 2 is 1.93 bits per heavy atom. The molecule has 3 nitrogen and oxygen atoms in total. The van der Waals surface area contributed by atoms with Crippen LogP contribution in [-0.4, -0.2) is 9.38 Å². The van der Waals surface area contributed by atoms with Gasteiger partial charge in [0.25, 0.3) is 5.65 Å². The third kappa shape index (κ3) is 1.88. The molecule has 0 fully saturated rings. The van der Waals surface area contributed by atoms with E-state index >= 15 is 0 Å². The molecule has 2 aliphatic heterocycles. The molecule has 5 heterocycles. The lowest BCUT2D eigenvalue weighted by Gasteiger charge is -2.47. The molecule has 2 aliphatic rings. The molecule has 3 aromatic heterocycles. The van der Waals surface area contributed by atoms with Crippen LogP contribution in [-0.2, 0) is 22.8 Å². The zero-order valence-corrected chi connectivity index (χ0v) is 19.3. The fourth-order valence-electron chi connectivity index (χ4n) is 6.34. The molecule has 0 N–H and O–H groups in total. The van der Waals surface area contributed by atoms with Crippen LogP contribution in [0.4, 0.5) is 0 Å². The molecule has 4 aromatic rings. The fourth-order valence-corrected chi connectivity index (χ4v) is 6.34. The number of aromatic nitrogens is 3. The van der Waals surface area contributed by atoms with Gasteiger partial charge in [0.2, 0.25) is 0 Å². The molecule has 30 heavy (non-hydrogen) atoms. The number of hydrogen-bond donors (Lipinski definition) is 0. The highest BCUT2D eigenvalue weighted by Crippen LogP contribution is 2.51. The summed E-state index contributed by atoms with van der Waals surface area (Å²) in [5.74, 6) is 0. The van der Waals surface area contributed by atoms with Crippen LogP contribution in [0.2, 0.25) is 0 Å². The van der Waals surface area contributed by atoms with Crippen molar-refractivity contribution in [2.75, 3.05) is 0 Å². The zero-order valence-electron chi connectivity index (χ0n) is 19.3. The predicted octanol–water partition coefficient (Wildman–Crippen LogP) is 5.88. The quantitative estimate of drug-likeness (QED) is 0.367. The van der Waals surface area contributed by atoms with Crippen LogP contribution in [0.5, 0.6) is 0 Å². The van der Waals surface area contributed by atoms with E-state index in [4.69, 9.17) is 4.98 Å². The minimum absolute atomic E-state index is 0.0229. The Kier molecular flexibility index (Phi) is 3.21. The summed E-state index contributed by atoms with van der Waals surface area (Å²) in [6.07, 6.45) is 5.66. The summed E-state index contributed by atoms with van der Waals surface area (Å²) in [6.45, 7) is 16.5. The van der Waals surface area contributed by atoms with Crippen LogP contribution in [0.3, 0.4) is 0 Å². The number of nitrogens with zero attached hydrogens (tertiary/aromatic N) is 3. The molecular formula is C27H32N3+. The number of fused-ring (bicyclic) bond motifs is 2. The smallest absolute Gasteiger partial charge is 0.252 e. The van der Waals surface area contributed by atoms with Crippen molar-refractivity contribution in [1.29, 1.82) is 0 Å². The molecule has 2 unspecified atom stereocenters. The molecule has 0 amide bonds. The van der Waals surface area contributed by atoms with Crippen LogP contribution < -0.4 is 4.57 Å². The average molecular weight is 399 g/mol. The van der Waals surface area contributed by atoms with Gasteiger partial charge in [0.15, 0.2) is 11.0 Å². The molecule has 1 aromatic carbocycles. The van der Waals surface area contributed by atoms with E-state index in [-0.39, 0.29) is 16.4 Å². The number of benzene rings is 1. The third-order valence-corrected chi connectivity index (χ3v) is 8.66. The van der Waals surface area contributed by atoms with Gasteiger partial charge in [-0.1, -0.05) is 34.6 Å². The van der Waals surface area contributed by atoms with Gasteiger partial charge in [-0.05, 0) is 68.0 Å². The van der Waals surface area contributed by atoms with Crippen LogP contribution in [0.15, 0.2) is 30.5 Å². The number of pyridine rings is 2. The summed E-state index contributed by atoms with van der Waals surface area (Å²) in [4.78, 5) is 5.18. The second kappa shape index (κ2) is 5.25. The highest BCUT2D eigenvalue weighted by Gasteiger charge is 2.56. The molecule has 2 bridgehead atoms. The summed E-state index contributed by atoms with van der Waals surface area (Å²) in [7, 11) is 0. The van der Waals surface area contributed by atoms with Crippen molar-refractivity contribution in [1.82, 2.24) is 9.38 Å². The maximum Gasteiger partial charge on any atom is 0.297 e. The highest BCUT2D eigenvalue weighted by atomic mass is 15.2. The van der Waals surface area contributed by atoms with E-state index in [1.807, 2.05) is 0 Å². The standard InChI is InChI=1S/C27H32N3/c1-8-26(6)18-15-22(25(3,4)5)28-19-10-12-29-20-13-16(2)17-9-11-27(26,7)30(21(20)14-17)24(29)23(18)19/h10,12-15H,8-9,11H2,1-7H3/q+1. The Balaban J connectivity index is 1.93. The van der Waals surface area contributed by atoms with Crippen molar-refractivity contribution in [2.24, 2.45) is 0 Å². The van der Waals surface area contributed by atoms with Crippen molar-refractivity contribution in [3.8, 4) is 0 Å². The van der Waals surface area contributed by atoms with E-state index in [2.05, 4.69) is 87.9 Å². The Morgan fingerprint density at radius 3 is 2.63 bits per heavy atom. The molecule has 0 spiro atoms. The van der Waals surface area contributed by atoms with Crippen LogP contribution in [0, 0.1) is 6.92 Å². The van der Waals surface area contributed by atoms with Crippen molar-refractivity contribution < 1.29 is 4.57 Å². The number of aryl methyl sites for hydroxylation is 2. The molecule has 0 saturated heterocycles. The maximum absolute atomic E-state index is 5.18. The Bertz CT molecular complexity index is 1400. The number of imidazole rings is 1. The normalized spacial score (nSPS) is 25.3. The van der Waals surface area contributed by atoms with E-state index in [0.717, 1.165) is 24.8 Å². The predicted molar refractivity (Wildman–Crippen MR) is 123 cm³/mol. The van der Waals surface area contributed by atoms with Gasteiger partial charge < -0.3 is 0 Å². The van der Waals surface area contributed by atoms with Crippen molar-refractivity contribution >= 4 is 27.6 Å². The first kappa shape index (κ1) is 18.4. The van der Waals surface area contributed by atoms with Gasteiger partial charge in [0.1, 0.15) is 5.54 Å². The van der Waals surface area contributed by atoms with Crippen molar-refractivity contribution in [3.63, 3.8) is 0 Å².